The van der Waals surface area contributed by atoms with Gasteiger partial charge < -0.3 is 10.2 Å². The number of piperidine rings is 1. The molecule has 1 aliphatic heterocycles. The molecule has 1 aromatic carbocycles. The third kappa shape index (κ3) is 4.35. The Labute approximate surface area is 156 Å². The fourth-order valence-corrected chi connectivity index (χ4v) is 4.47. The van der Waals surface area contributed by atoms with Crippen LogP contribution in [-0.2, 0) is 10.2 Å². The first kappa shape index (κ1) is 20.2. The van der Waals surface area contributed by atoms with Gasteiger partial charge in [0.2, 0.25) is 5.91 Å². The average Bonchev–Trinajstić information content (AvgIpc) is 3.11. The van der Waals surface area contributed by atoms with Gasteiger partial charge in [-0.25, -0.2) is 4.39 Å². The van der Waals surface area contributed by atoms with Gasteiger partial charge in [-0.05, 0) is 69.3 Å². The number of carbonyl (C=O) groups excluding carboxylic acids is 1. The highest BCUT2D eigenvalue weighted by molar-refractivity contribution is 5.88. The molecule has 2 fully saturated rings. The molecule has 0 aromatic heterocycles. The molecule has 5 heteroatoms. The van der Waals surface area contributed by atoms with Crippen LogP contribution < -0.4 is 5.32 Å². The molecule has 1 saturated heterocycles. The lowest BCUT2D eigenvalue weighted by Gasteiger charge is -2.39. The summed E-state index contributed by atoms with van der Waals surface area (Å²) < 4.78 is 13.7. The second-order valence-corrected chi connectivity index (χ2v) is 7.43. The number of amides is 1. The van der Waals surface area contributed by atoms with Crippen LogP contribution in [0.5, 0.6) is 0 Å². The lowest BCUT2D eigenvalue weighted by Crippen LogP contribution is -2.48. The Hall–Kier alpha value is -1.13. The summed E-state index contributed by atoms with van der Waals surface area (Å²) in [5.74, 6) is 0.713. The lowest BCUT2D eigenvalue weighted by atomic mass is 9.77. The minimum Gasteiger partial charge on any atom is -0.342 e. The van der Waals surface area contributed by atoms with E-state index in [0.29, 0.717) is 0 Å². The fraction of sp³-hybridized carbons (Fsp3) is 0.650. The number of likely N-dealkylation sites (tertiary alicyclic amines) is 1. The maximum atomic E-state index is 13.7. The standard InChI is InChI=1S/C20H29FN2O.ClH/c1-22-12-7-16-8-13-23(14-9-16)19(24)20(10-2-3-11-20)17-5-4-6-18(21)15-17;/h4-6,15-16,22H,2-3,7-14H2,1H3;1H. The summed E-state index contributed by atoms with van der Waals surface area (Å²) in [6.45, 7) is 2.75. The van der Waals surface area contributed by atoms with Gasteiger partial charge in [-0.2, -0.15) is 0 Å². The molecule has 1 amide bonds. The zero-order valence-electron chi connectivity index (χ0n) is 15.1. The maximum Gasteiger partial charge on any atom is 0.233 e. The summed E-state index contributed by atoms with van der Waals surface area (Å²) in [6, 6.07) is 6.71. The Morgan fingerprint density at radius 3 is 2.56 bits per heavy atom. The van der Waals surface area contributed by atoms with Crippen LogP contribution >= 0.6 is 12.4 Å². The highest BCUT2D eigenvalue weighted by Gasteiger charge is 2.45. The van der Waals surface area contributed by atoms with E-state index in [9.17, 15) is 9.18 Å². The highest BCUT2D eigenvalue weighted by atomic mass is 35.5. The molecule has 0 bridgehead atoms. The van der Waals surface area contributed by atoms with E-state index in [0.717, 1.165) is 69.6 Å². The van der Waals surface area contributed by atoms with Gasteiger partial charge >= 0.3 is 0 Å². The van der Waals surface area contributed by atoms with E-state index in [1.807, 2.05) is 18.0 Å². The number of nitrogens with zero attached hydrogens (tertiary/aromatic N) is 1. The Balaban J connectivity index is 0.00000225. The van der Waals surface area contributed by atoms with Gasteiger partial charge in [0, 0.05) is 13.1 Å². The number of nitrogens with one attached hydrogen (secondary N) is 1. The second kappa shape index (κ2) is 9.00. The molecule has 1 N–H and O–H groups in total. The smallest absolute Gasteiger partial charge is 0.233 e. The third-order valence-electron chi connectivity index (χ3n) is 5.95. The molecule has 1 heterocycles. The van der Waals surface area contributed by atoms with Gasteiger partial charge in [0.05, 0.1) is 5.41 Å². The van der Waals surface area contributed by atoms with Crippen LogP contribution in [0.4, 0.5) is 4.39 Å². The number of hydrogen-bond acceptors (Lipinski definition) is 2. The molecule has 140 valence electrons. The summed E-state index contributed by atoms with van der Waals surface area (Å²) >= 11 is 0. The van der Waals surface area contributed by atoms with Crippen molar-refractivity contribution in [3.63, 3.8) is 0 Å². The van der Waals surface area contributed by atoms with Crippen LogP contribution in [0.15, 0.2) is 24.3 Å². The van der Waals surface area contributed by atoms with Crippen molar-refractivity contribution in [1.82, 2.24) is 10.2 Å². The molecule has 1 aromatic rings. The second-order valence-electron chi connectivity index (χ2n) is 7.43. The molecule has 3 rings (SSSR count). The van der Waals surface area contributed by atoms with Crippen LogP contribution in [0.1, 0.15) is 50.5 Å². The predicted octanol–water partition coefficient (Wildman–Crippen LogP) is 3.91. The maximum absolute atomic E-state index is 13.7. The van der Waals surface area contributed by atoms with Gasteiger partial charge in [0.1, 0.15) is 5.82 Å². The first-order valence-corrected chi connectivity index (χ1v) is 9.36. The topological polar surface area (TPSA) is 32.3 Å². The third-order valence-corrected chi connectivity index (χ3v) is 5.95. The van der Waals surface area contributed by atoms with Gasteiger partial charge in [-0.1, -0.05) is 25.0 Å². The van der Waals surface area contributed by atoms with E-state index in [-0.39, 0.29) is 24.1 Å². The van der Waals surface area contributed by atoms with E-state index in [2.05, 4.69) is 5.32 Å². The molecule has 0 atom stereocenters. The molecule has 3 nitrogen and oxygen atoms in total. The van der Waals surface area contributed by atoms with Crippen LogP contribution in [-0.4, -0.2) is 37.5 Å². The number of halogens is 2. The molecular weight excluding hydrogens is 339 g/mol. The van der Waals surface area contributed by atoms with Crippen molar-refractivity contribution in [3.05, 3.63) is 35.6 Å². The minimum atomic E-state index is -0.486. The summed E-state index contributed by atoms with van der Waals surface area (Å²) in [5.41, 5.74) is 0.391. The fourth-order valence-electron chi connectivity index (χ4n) is 4.47. The summed E-state index contributed by atoms with van der Waals surface area (Å²) in [4.78, 5) is 15.4. The van der Waals surface area contributed by atoms with Gasteiger partial charge in [0.25, 0.3) is 0 Å². The predicted molar refractivity (Wildman–Crippen MR) is 102 cm³/mol. The largest absolute Gasteiger partial charge is 0.342 e. The van der Waals surface area contributed by atoms with Crippen LogP contribution in [0, 0.1) is 11.7 Å². The van der Waals surface area contributed by atoms with Gasteiger partial charge in [-0.3, -0.25) is 4.79 Å². The van der Waals surface area contributed by atoms with E-state index in [1.165, 1.54) is 12.5 Å². The zero-order valence-corrected chi connectivity index (χ0v) is 15.9. The van der Waals surface area contributed by atoms with E-state index in [1.54, 1.807) is 12.1 Å². The summed E-state index contributed by atoms with van der Waals surface area (Å²) in [6.07, 6.45) is 7.19. The first-order chi connectivity index (χ1) is 11.7. The zero-order chi connectivity index (χ0) is 17.0. The SMILES string of the molecule is CNCCC1CCN(C(=O)C2(c3cccc(F)c3)CCCC2)CC1.Cl. The Morgan fingerprint density at radius 2 is 1.96 bits per heavy atom. The number of hydrogen-bond donors (Lipinski definition) is 1. The Morgan fingerprint density at radius 1 is 1.28 bits per heavy atom. The normalized spacial score (nSPS) is 20.3. The van der Waals surface area contributed by atoms with Crippen molar-refractivity contribution < 1.29 is 9.18 Å². The van der Waals surface area contributed by atoms with E-state index < -0.39 is 5.41 Å². The highest BCUT2D eigenvalue weighted by Crippen LogP contribution is 2.43. The summed E-state index contributed by atoms with van der Waals surface area (Å²) in [7, 11) is 1.99. The number of rotatable bonds is 5. The molecule has 25 heavy (non-hydrogen) atoms. The van der Waals surface area contributed by atoms with Crippen molar-refractivity contribution in [1.29, 1.82) is 0 Å². The quantitative estimate of drug-likeness (QED) is 0.854. The summed E-state index contributed by atoms with van der Waals surface area (Å²) in [5, 5.41) is 3.21. The minimum absolute atomic E-state index is 0. The molecule has 1 saturated carbocycles. The van der Waals surface area contributed by atoms with Crippen molar-refractivity contribution in [2.24, 2.45) is 5.92 Å². The molecular formula is C20H30ClFN2O. The van der Waals surface area contributed by atoms with Gasteiger partial charge in [0.15, 0.2) is 0 Å². The lowest BCUT2D eigenvalue weighted by molar-refractivity contribution is -0.138. The van der Waals surface area contributed by atoms with Crippen molar-refractivity contribution >= 4 is 18.3 Å². The van der Waals surface area contributed by atoms with Crippen LogP contribution in [0.2, 0.25) is 0 Å². The van der Waals surface area contributed by atoms with Crippen molar-refractivity contribution in [3.8, 4) is 0 Å². The molecule has 0 spiro atoms. The van der Waals surface area contributed by atoms with Crippen molar-refractivity contribution in [2.75, 3.05) is 26.7 Å². The van der Waals surface area contributed by atoms with E-state index >= 15 is 0 Å². The van der Waals surface area contributed by atoms with Gasteiger partial charge in [-0.15, -0.1) is 12.4 Å². The molecule has 1 aliphatic carbocycles. The average molecular weight is 369 g/mol. The first-order valence-electron chi connectivity index (χ1n) is 9.36. The molecule has 2 aliphatic rings. The Kier molecular flexibility index (Phi) is 7.26. The van der Waals surface area contributed by atoms with Crippen LogP contribution in [0.3, 0.4) is 0 Å². The molecule has 0 radical (unpaired) electrons. The monoisotopic (exact) mass is 368 g/mol. The van der Waals surface area contributed by atoms with Crippen molar-refractivity contribution in [2.45, 2.75) is 50.4 Å². The van der Waals surface area contributed by atoms with Crippen LogP contribution in [0.25, 0.3) is 0 Å². The number of benzene rings is 1. The molecule has 0 unspecified atom stereocenters. The van der Waals surface area contributed by atoms with E-state index in [4.69, 9.17) is 0 Å². The Bertz CT molecular complexity index is 567. The number of carbonyl (C=O) groups is 1.